The molecule has 1 aliphatic rings. The lowest BCUT2D eigenvalue weighted by Gasteiger charge is -2.28. The molecule has 294 valence electrons. The highest BCUT2D eigenvalue weighted by Crippen LogP contribution is 2.52. The molecule has 2 aromatic heterocycles. The first kappa shape index (κ1) is 35.4. The Labute approximate surface area is 364 Å². The summed E-state index contributed by atoms with van der Waals surface area (Å²) in [6.45, 7) is 0. The van der Waals surface area contributed by atoms with Crippen molar-refractivity contribution in [3.05, 3.63) is 224 Å². The lowest BCUT2D eigenvalue weighted by molar-refractivity contribution is 0.670. The van der Waals surface area contributed by atoms with E-state index in [1.54, 1.807) is 0 Å². The molecule has 1 N–H and O–H groups in total. The standard InChI is InChI=1S/C60H38N2O/c1-2-12-52-49(9-1)53-15-7-13-47(59(52)53)41-25-32-45(33-26-41)62(46-34-27-42(28-35-46)48-14-8-16-54-51-11-4-6-18-58(51)63-60(48)54)44-30-23-39(24-31-44)38-19-21-40(22-20-38)43-29-36-57-55(37-43)50-10-3-5-17-56(50)61-57/h1-37,61H. The third-order valence-electron chi connectivity index (χ3n) is 13.0. The van der Waals surface area contributed by atoms with Crippen LogP contribution in [0, 0.1) is 0 Å². The lowest BCUT2D eigenvalue weighted by Crippen LogP contribution is -2.10. The molecule has 0 saturated heterocycles. The number of nitrogens with zero attached hydrogens (tertiary/aromatic N) is 1. The van der Waals surface area contributed by atoms with Crippen LogP contribution in [0.4, 0.5) is 17.1 Å². The Balaban J connectivity index is 0.848. The molecule has 0 spiro atoms. The van der Waals surface area contributed by atoms with Crippen molar-refractivity contribution in [3.8, 4) is 66.8 Å². The lowest BCUT2D eigenvalue weighted by atomic mass is 9.77. The van der Waals surface area contributed by atoms with Crippen LogP contribution in [0.3, 0.4) is 0 Å². The molecule has 3 nitrogen and oxygen atoms in total. The summed E-state index contributed by atoms with van der Waals surface area (Å²) in [6, 6.07) is 81.1. The van der Waals surface area contributed by atoms with Gasteiger partial charge in [-0.25, -0.2) is 0 Å². The summed E-state index contributed by atoms with van der Waals surface area (Å²) in [5.74, 6) is 0. The zero-order chi connectivity index (χ0) is 41.4. The molecule has 2 heterocycles. The van der Waals surface area contributed by atoms with E-state index < -0.39 is 0 Å². The second kappa shape index (κ2) is 14.1. The van der Waals surface area contributed by atoms with Crippen LogP contribution in [0.2, 0.25) is 0 Å². The highest BCUT2D eigenvalue weighted by molar-refractivity contribution is 6.11. The number of nitrogens with one attached hydrogen (secondary N) is 1. The van der Waals surface area contributed by atoms with Gasteiger partial charge in [-0.1, -0.05) is 164 Å². The molecule has 13 rings (SSSR count). The molecule has 63 heavy (non-hydrogen) atoms. The smallest absolute Gasteiger partial charge is 0.143 e. The number of benzene rings is 10. The SMILES string of the molecule is c1ccc2c(c1)-c1cccc(-c3ccc(N(c4ccc(-c5ccc(-c6ccc7[nH]c8ccccc8c7c6)cc5)cc4)c4ccc(-c5cccc6c5oc5ccccc56)cc4)cc3)c1-2. The van der Waals surface area contributed by atoms with E-state index in [-0.39, 0.29) is 0 Å². The Morgan fingerprint density at radius 2 is 0.778 bits per heavy atom. The highest BCUT2D eigenvalue weighted by Gasteiger charge is 2.25. The van der Waals surface area contributed by atoms with Crippen LogP contribution in [-0.2, 0) is 0 Å². The van der Waals surface area contributed by atoms with Crippen LogP contribution in [0.5, 0.6) is 0 Å². The first-order valence-electron chi connectivity index (χ1n) is 21.6. The van der Waals surface area contributed by atoms with E-state index in [1.807, 2.05) is 12.1 Å². The molecule has 1 aliphatic carbocycles. The molecule has 12 aromatic rings. The van der Waals surface area contributed by atoms with Crippen molar-refractivity contribution in [2.75, 3.05) is 4.90 Å². The number of rotatable bonds is 7. The van der Waals surface area contributed by atoms with Crippen LogP contribution >= 0.6 is 0 Å². The van der Waals surface area contributed by atoms with E-state index >= 15 is 0 Å². The normalized spacial score (nSPS) is 11.8. The largest absolute Gasteiger partial charge is 0.455 e. The average molecular weight is 803 g/mol. The van der Waals surface area contributed by atoms with Crippen molar-refractivity contribution < 1.29 is 4.42 Å². The van der Waals surface area contributed by atoms with Crippen molar-refractivity contribution >= 4 is 60.8 Å². The van der Waals surface area contributed by atoms with E-state index in [2.05, 4.69) is 222 Å². The minimum Gasteiger partial charge on any atom is -0.455 e. The first-order valence-corrected chi connectivity index (χ1v) is 21.6. The average Bonchev–Trinajstić information content (AvgIpc) is 3.92. The number of hydrogen-bond donors (Lipinski definition) is 1. The highest BCUT2D eigenvalue weighted by atomic mass is 16.3. The van der Waals surface area contributed by atoms with Crippen LogP contribution in [0.15, 0.2) is 229 Å². The number of fused-ring (bicyclic) bond motifs is 10. The Bertz CT molecular complexity index is 3700. The van der Waals surface area contributed by atoms with Gasteiger partial charge in [-0.3, -0.25) is 0 Å². The van der Waals surface area contributed by atoms with Crippen molar-refractivity contribution in [2.24, 2.45) is 0 Å². The van der Waals surface area contributed by atoms with Gasteiger partial charge < -0.3 is 14.3 Å². The van der Waals surface area contributed by atoms with Crippen LogP contribution in [0.1, 0.15) is 0 Å². The fraction of sp³-hybridized carbons (Fsp3) is 0. The van der Waals surface area contributed by atoms with E-state index in [9.17, 15) is 0 Å². The number of furan rings is 1. The minimum absolute atomic E-state index is 0.906. The molecular formula is C60H38N2O. The zero-order valence-corrected chi connectivity index (χ0v) is 34.2. The third kappa shape index (κ3) is 5.75. The molecule has 0 unspecified atom stereocenters. The maximum Gasteiger partial charge on any atom is 0.143 e. The Morgan fingerprint density at radius 1 is 0.302 bits per heavy atom. The molecule has 0 radical (unpaired) electrons. The van der Waals surface area contributed by atoms with Crippen LogP contribution in [-0.4, -0.2) is 4.98 Å². The summed E-state index contributed by atoms with van der Waals surface area (Å²) in [5, 5.41) is 4.77. The number of hydrogen-bond acceptors (Lipinski definition) is 2. The maximum absolute atomic E-state index is 6.43. The predicted molar refractivity (Wildman–Crippen MR) is 264 cm³/mol. The molecule has 3 heteroatoms. The molecule has 0 bridgehead atoms. The number of H-pyrrole nitrogens is 1. The van der Waals surface area contributed by atoms with Gasteiger partial charge >= 0.3 is 0 Å². The summed E-state index contributed by atoms with van der Waals surface area (Å²) in [5.41, 5.74) is 22.2. The van der Waals surface area contributed by atoms with E-state index in [0.29, 0.717) is 0 Å². The minimum atomic E-state index is 0.906. The summed E-state index contributed by atoms with van der Waals surface area (Å²) in [7, 11) is 0. The van der Waals surface area contributed by atoms with Crippen molar-refractivity contribution in [3.63, 3.8) is 0 Å². The molecule has 0 amide bonds. The first-order chi connectivity index (χ1) is 31.2. The van der Waals surface area contributed by atoms with Crippen LogP contribution in [0.25, 0.3) is 111 Å². The van der Waals surface area contributed by atoms with Gasteiger partial charge in [0.25, 0.3) is 0 Å². The molecule has 0 saturated carbocycles. The van der Waals surface area contributed by atoms with E-state index in [4.69, 9.17) is 4.42 Å². The van der Waals surface area contributed by atoms with Gasteiger partial charge in [0.15, 0.2) is 0 Å². The summed E-state index contributed by atoms with van der Waals surface area (Å²) < 4.78 is 6.43. The summed E-state index contributed by atoms with van der Waals surface area (Å²) in [6.07, 6.45) is 0. The third-order valence-corrected chi connectivity index (χ3v) is 13.0. The second-order valence-electron chi connectivity index (χ2n) is 16.5. The van der Waals surface area contributed by atoms with Gasteiger partial charge in [0.05, 0.1) is 0 Å². The van der Waals surface area contributed by atoms with E-state index in [0.717, 1.165) is 55.6 Å². The molecule has 0 atom stereocenters. The fourth-order valence-electron chi connectivity index (χ4n) is 9.87. The van der Waals surface area contributed by atoms with Gasteiger partial charge in [-0.15, -0.1) is 0 Å². The van der Waals surface area contributed by atoms with Gasteiger partial charge in [0.2, 0.25) is 0 Å². The zero-order valence-electron chi connectivity index (χ0n) is 34.2. The Hall–Kier alpha value is -8.40. The van der Waals surface area contributed by atoms with E-state index in [1.165, 1.54) is 71.9 Å². The Morgan fingerprint density at radius 3 is 1.51 bits per heavy atom. The monoisotopic (exact) mass is 802 g/mol. The van der Waals surface area contributed by atoms with Crippen molar-refractivity contribution in [2.45, 2.75) is 0 Å². The molecule has 0 aliphatic heterocycles. The number of para-hydroxylation sites is 3. The number of aromatic amines is 1. The van der Waals surface area contributed by atoms with Gasteiger partial charge in [0.1, 0.15) is 11.2 Å². The van der Waals surface area contributed by atoms with Crippen molar-refractivity contribution in [1.82, 2.24) is 4.98 Å². The van der Waals surface area contributed by atoms with Gasteiger partial charge in [-0.05, 0) is 122 Å². The Kier molecular flexibility index (Phi) is 7.91. The summed E-state index contributed by atoms with van der Waals surface area (Å²) in [4.78, 5) is 5.90. The predicted octanol–water partition coefficient (Wildman–Crippen LogP) is 17.0. The van der Waals surface area contributed by atoms with Crippen LogP contribution < -0.4 is 4.90 Å². The quantitative estimate of drug-likeness (QED) is 0.174. The fourth-order valence-corrected chi connectivity index (χ4v) is 9.87. The molecule has 10 aromatic carbocycles. The van der Waals surface area contributed by atoms with Crippen molar-refractivity contribution in [1.29, 1.82) is 0 Å². The summed E-state index contributed by atoms with van der Waals surface area (Å²) >= 11 is 0. The molecule has 0 fully saturated rings. The topological polar surface area (TPSA) is 32.2 Å². The number of aromatic nitrogens is 1. The number of anilines is 3. The second-order valence-corrected chi connectivity index (χ2v) is 16.5. The van der Waals surface area contributed by atoms with Gasteiger partial charge in [0, 0.05) is 55.2 Å². The maximum atomic E-state index is 6.43. The van der Waals surface area contributed by atoms with Gasteiger partial charge in [-0.2, -0.15) is 0 Å². The molecular weight excluding hydrogens is 765 g/mol.